The molecule has 0 fully saturated rings. The number of carboxylic acids is 1. The SMILES string of the molecule is CCOC(=O)NC(=O)c1cc(CC(=O)O)sc1NC(=O)C1Nc2cnccc2S1. The number of carbonyl (C=O) groups excluding carboxylic acids is 3. The van der Waals surface area contributed by atoms with Crippen molar-refractivity contribution in [3.8, 4) is 0 Å². The zero-order valence-electron chi connectivity index (χ0n) is 15.1. The molecule has 29 heavy (non-hydrogen) atoms. The molecule has 3 heterocycles. The van der Waals surface area contributed by atoms with E-state index in [9.17, 15) is 19.2 Å². The topological polar surface area (TPSA) is 147 Å². The van der Waals surface area contributed by atoms with Gasteiger partial charge in [-0.05, 0) is 19.1 Å². The van der Waals surface area contributed by atoms with Crippen molar-refractivity contribution in [2.75, 3.05) is 17.2 Å². The van der Waals surface area contributed by atoms with Gasteiger partial charge in [0.25, 0.3) is 11.8 Å². The number of pyridine rings is 1. The minimum absolute atomic E-state index is 0.0187. The molecule has 0 aliphatic carbocycles. The van der Waals surface area contributed by atoms with Crippen LogP contribution < -0.4 is 16.0 Å². The summed E-state index contributed by atoms with van der Waals surface area (Å²) < 4.78 is 4.68. The molecule has 10 nitrogen and oxygen atoms in total. The van der Waals surface area contributed by atoms with Gasteiger partial charge in [0.05, 0.1) is 30.5 Å². The number of nitrogens with zero attached hydrogens (tertiary/aromatic N) is 1. The standard InChI is InChI=1S/C17H16N4O6S2/c1-2-27-17(26)21-13(24)9-5-8(6-12(22)23)28-15(9)20-14(25)16-19-10-7-18-4-3-11(10)29-16/h3-5,7,16,19H,2,6H2,1H3,(H,20,25)(H,22,23)(H,21,24,26). The van der Waals surface area contributed by atoms with Crippen molar-refractivity contribution in [2.45, 2.75) is 23.6 Å². The van der Waals surface area contributed by atoms with E-state index in [2.05, 4.69) is 20.4 Å². The lowest BCUT2D eigenvalue weighted by Crippen LogP contribution is -2.32. The van der Waals surface area contributed by atoms with Crippen LogP contribution in [-0.2, 0) is 20.7 Å². The third-order valence-corrected chi connectivity index (χ3v) is 5.86. The van der Waals surface area contributed by atoms with Crippen molar-refractivity contribution in [3.63, 3.8) is 0 Å². The molecule has 0 spiro atoms. The van der Waals surface area contributed by atoms with E-state index >= 15 is 0 Å². The van der Waals surface area contributed by atoms with Crippen molar-refractivity contribution in [1.82, 2.24) is 10.3 Å². The molecule has 0 aromatic carbocycles. The lowest BCUT2D eigenvalue weighted by Gasteiger charge is -2.11. The fourth-order valence-electron chi connectivity index (χ4n) is 2.45. The fourth-order valence-corrected chi connectivity index (χ4v) is 4.49. The highest BCUT2D eigenvalue weighted by Crippen LogP contribution is 2.38. The van der Waals surface area contributed by atoms with Crippen LogP contribution in [-0.4, -0.2) is 45.9 Å². The lowest BCUT2D eigenvalue weighted by molar-refractivity contribution is -0.136. The number of rotatable bonds is 6. The van der Waals surface area contributed by atoms with Crippen molar-refractivity contribution in [1.29, 1.82) is 0 Å². The van der Waals surface area contributed by atoms with E-state index in [0.717, 1.165) is 21.9 Å². The minimum Gasteiger partial charge on any atom is -0.481 e. The molecular weight excluding hydrogens is 420 g/mol. The maximum absolute atomic E-state index is 12.7. The Morgan fingerprint density at radius 3 is 2.83 bits per heavy atom. The molecule has 0 saturated carbocycles. The number of anilines is 2. The van der Waals surface area contributed by atoms with E-state index in [1.54, 1.807) is 25.4 Å². The summed E-state index contributed by atoms with van der Waals surface area (Å²) in [5.74, 6) is -2.32. The number of fused-ring (bicyclic) bond motifs is 1. The smallest absolute Gasteiger partial charge is 0.414 e. The Morgan fingerprint density at radius 2 is 2.14 bits per heavy atom. The van der Waals surface area contributed by atoms with Gasteiger partial charge in [-0.1, -0.05) is 11.8 Å². The third kappa shape index (κ3) is 5.03. The number of aliphatic carboxylic acids is 1. The Hall–Kier alpha value is -3.12. The van der Waals surface area contributed by atoms with E-state index < -0.39 is 29.3 Å². The normalized spacial score (nSPS) is 14.4. The van der Waals surface area contributed by atoms with Gasteiger partial charge in [-0.3, -0.25) is 24.7 Å². The predicted molar refractivity (Wildman–Crippen MR) is 106 cm³/mol. The van der Waals surface area contributed by atoms with Crippen molar-refractivity contribution >= 4 is 57.7 Å². The highest BCUT2D eigenvalue weighted by Gasteiger charge is 2.29. The maximum Gasteiger partial charge on any atom is 0.414 e. The predicted octanol–water partition coefficient (Wildman–Crippen LogP) is 2.14. The molecule has 1 aliphatic rings. The summed E-state index contributed by atoms with van der Waals surface area (Å²) in [7, 11) is 0. The number of alkyl carbamates (subject to hydrolysis) is 1. The Morgan fingerprint density at radius 1 is 1.34 bits per heavy atom. The molecule has 1 atom stereocenters. The fraction of sp³-hybridized carbons (Fsp3) is 0.235. The summed E-state index contributed by atoms with van der Waals surface area (Å²) in [6.07, 6.45) is 1.96. The first-order chi connectivity index (χ1) is 13.9. The number of ether oxygens (including phenoxy) is 1. The quantitative estimate of drug-likeness (QED) is 0.535. The molecule has 2 aromatic heterocycles. The van der Waals surface area contributed by atoms with Gasteiger partial charge in [-0.2, -0.15) is 0 Å². The van der Waals surface area contributed by atoms with Gasteiger partial charge in [0.1, 0.15) is 5.00 Å². The summed E-state index contributed by atoms with van der Waals surface area (Å²) in [4.78, 5) is 52.8. The lowest BCUT2D eigenvalue weighted by atomic mass is 10.2. The summed E-state index contributed by atoms with van der Waals surface area (Å²) in [6.45, 7) is 1.67. The summed E-state index contributed by atoms with van der Waals surface area (Å²) >= 11 is 2.24. The van der Waals surface area contributed by atoms with Gasteiger partial charge >= 0.3 is 12.1 Å². The molecule has 0 radical (unpaired) electrons. The number of amides is 3. The van der Waals surface area contributed by atoms with Crippen molar-refractivity contribution in [3.05, 3.63) is 35.0 Å². The molecule has 12 heteroatoms. The molecule has 152 valence electrons. The number of nitrogens with one attached hydrogen (secondary N) is 3. The number of thiophene rings is 1. The van der Waals surface area contributed by atoms with Crippen LogP contribution in [0.1, 0.15) is 22.2 Å². The first-order valence-corrected chi connectivity index (χ1v) is 10.1. The van der Waals surface area contributed by atoms with Crippen LogP contribution in [0.3, 0.4) is 0 Å². The highest BCUT2D eigenvalue weighted by molar-refractivity contribution is 8.01. The van der Waals surface area contributed by atoms with E-state index in [1.165, 1.54) is 17.8 Å². The minimum atomic E-state index is -1.09. The van der Waals surface area contributed by atoms with Gasteiger partial charge in [-0.15, -0.1) is 11.3 Å². The second-order valence-electron chi connectivity index (χ2n) is 5.70. The largest absolute Gasteiger partial charge is 0.481 e. The Balaban J connectivity index is 1.77. The number of carbonyl (C=O) groups is 4. The van der Waals surface area contributed by atoms with Crippen LogP contribution >= 0.6 is 23.1 Å². The second-order valence-corrected chi connectivity index (χ2v) is 7.99. The molecule has 0 bridgehead atoms. The molecule has 2 aromatic rings. The van der Waals surface area contributed by atoms with Gasteiger partial charge in [0.2, 0.25) is 0 Å². The Bertz CT molecular complexity index is 952. The summed E-state index contributed by atoms with van der Waals surface area (Å²) in [5.41, 5.74) is 0.700. The van der Waals surface area contributed by atoms with E-state index in [0.29, 0.717) is 4.88 Å². The van der Waals surface area contributed by atoms with Crippen molar-refractivity contribution < 1.29 is 29.0 Å². The van der Waals surface area contributed by atoms with E-state index in [4.69, 9.17) is 5.11 Å². The first-order valence-electron chi connectivity index (χ1n) is 8.38. The van der Waals surface area contributed by atoms with Gasteiger partial charge in [0, 0.05) is 16.0 Å². The van der Waals surface area contributed by atoms with Crippen LogP contribution in [0, 0.1) is 0 Å². The van der Waals surface area contributed by atoms with Crippen molar-refractivity contribution in [2.24, 2.45) is 0 Å². The molecule has 1 unspecified atom stereocenters. The van der Waals surface area contributed by atoms with E-state index in [-0.39, 0.29) is 23.6 Å². The average molecular weight is 436 g/mol. The molecule has 0 saturated heterocycles. The van der Waals surface area contributed by atoms with Gasteiger partial charge in [-0.25, -0.2) is 4.79 Å². The molecule has 4 N–H and O–H groups in total. The number of hydrogen-bond donors (Lipinski definition) is 4. The maximum atomic E-state index is 12.7. The van der Waals surface area contributed by atoms with E-state index in [1.807, 2.05) is 5.32 Å². The number of aromatic nitrogens is 1. The number of thioether (sulfide) groups is 1. The first kappa shape index (κ1) is 20.6. The second kappa shape index (κ2) is 8.92. The molecule has 3 amide bonds. The van der Waals surface area contributed by atoms with Crippen LogP contribution in [0.25, 0.3) is 0 Å². The highest BCUT2D eigenvalue weighted by atomic mass is 32.2. The molecule has 1 aliphatic heterocycles. The summed E-state index contributed by atoms with van der Waals surface area (Å²) in [6, 6.07) is 3.10. The number of hydrogen-bond acceptors (Lipinski definition) is 9. The number of imide groups is 1. The Kier molecular flexibility index (Phi) is 6.34. The zero-order chi connectivity index (χ0) is 21.0. The Labute approximate surface area is 173 Å². The number of carboxylic acid groups (broad SMARTS) is 1. The van der Waals surface area contributed by atoms with Gasteiger partial charge in [0.15, 0.2) is 5.37 Å². The van der Waals surface area contributed by atoms with Crippen LogP contribution in [0.2, 0.25) is 0 Å². The monoisotopic (exact) mass is 436 g/mol. The molecule has 3 rings (SSSR count). The van der Waals surface area contributed by atoms with Gasteiger partial charge < -0.3 is 20.5 Å². The summed E-state index contributed by atoms with van der Waals surface area (Å²) in [5, 5.41) is 16.2. The zero-order valence-corrected chi connectivity index (χ0v) is 16.7. The van der Waals surface area contributed by atoms with Crippen LogP contribution in [0.4, 0.5) is 15.5 Å². The molecular formula is C17H16N4O6S2. The van der Waals surface area contributed by atoms with Crippen LogP contribution in [0.5, 0.6) is 0 Å². The third-order valence-electron chi connectivity index (χ3n) is 3.63. The average Bonchev–Trinajstić information content (AvgIpc) is 3.25. The van der Waals surface area contributed by atoms with Crippen LogP contribution in [0.15, 0.2) is 29.4 Å².